The van der Waals surface area contributed by atoms with Gasteiger partial charge in [0, 0.05) is 19.6 Å². The minimum atomic E-state index is 0.147. The molecule has 1 atom stereocenters. The number of nitrogens with one attached hydrogen (secondary N) is 8. The summed E-state index contributed by atoms with van der Waals surface area (Å²) in [5.41, 5.74) is 6.90. The van der Waals surface area contributed by atoms with E-state index < -0.39 is 0 Å². The van der Waals surface area contributed by atoms with Gasteiger partial charge in [-0.3, -0.25) is 0 Å². The molecule has 0 spiro atoms. The Balaban J connectivity index is 2.22. The summed E-state index contributed by atoms with van der Waals surface area (Å²) in [4.78, 5) is 0. The Labute approximate surface area is 282 Å². The maximum Gasteiger partial charge on any atom is 0.0580 e. The number of hydrogen-bond donors (Lipinski definition) is 8. The Bertz CT molecular complexity index is 985. The van der Waals surface area contributed by atoms with Gasteiger partial charge in [-0.2, -0.15) is 0 Å². The Morgan fingerprint density at radius 3 is 1.48 bits per heavy atom. The summed E-state index contributed by atoms with van der Waals surface area (Å²) < 4.78 is 0. The number of benzene rings is 2. The molecule has 46 heavy (non-hydrogen) atoms. The van der Waals surface area contributed by atoms with Crippen molar-refractivity contribution >= 4 is 0 Å². The van der Waals surface area contributed by atoms with Gasteiger partial charge in [-0.15, -0.1) is 0 Å². The number of unbranched alkanes of at least 4 members (excludes halogenated alkanes) is 2. The van der Waals surface area contributed by atoms with E-state index in [1.807, 2.05) is 0 Å². The Morgan fingerprint density at radius 2 is 0.891 bits per heavy atom. The lowest BCUT2D eigenvalue weighted by atomic mass is 9.91. The van der Waals surface area contributed by atoms with Crippen molar-refractivity contribution in [3.05, 3.63) is 70.3 Å². The van der Waals surface area contributed by atoms with E-state index in [4.69, 9.17) is 0 Å². The van der Waals surface area contributed by atoms with Crippen LogP contribution in [0.5, 0.6) is 0 Å². The van der Waals surface area contributed by atoms with Gasteiger partial charge >= 0.3 is 0 Å². The highest BCUT2D eigenvalue weighted by Crippen LogP contribution is 2.27. The molecule has 2 aromatic rings. The van der Waals surface area contributed by atoms with Crippen LogP contribution in [-0.4, -0.2) is 78.5 Å². The third kappa shape index (κ3) is 17.9. The van der Waals surface area contributed by atoms with Crippen LogP contribution in [0.15, 0.2) is 42.5 Å². The highest BCUT2D eigenvalue weighted by molar-refractivity contribution is 5.41. The minimum absolute atomic E-state index is 0.147. The van der Waals surface area contributed by atoms with Gasteiger partial charge in [0.15, 0.2) is 0 Å². The molecule has 1 unspecified atom stereocenters. The topological polar surface area (TPSA) is 96.2 Å². The first kappa shape index (κ1) is 40.3. The predicted octanol–water partition coefficient (Wildman–Crippen LogP) is 4.41. The van der Waals surface area contributed by atoms with Crippen LogP contribution in [0.2, 0.25) is 0 Å². The molecule has 2 aromatic carbocycles. The van der Waals surface area contributed by atoms with E-state index in [1.165, 1.54) is 53.5 Å². The van der Waals surface area contributed by atoms with E-state index in [9.17, 15) is 0 Å². The fraction of sp³-hybridized carbons (Fsp3) is 0.684. The van der Waals surface area contributed by atoms with Crippen molar-refractivity contribution in [2.45, 2.75) is 91.9 Å². The zero-order valence-electron chi connectivity index (χ0n) is 30.0. The molecule has 0 saturated heterocycles. The van der Waals surface area contributed by atoms with Gasteiger partial charge in [0.1, 0.15) is 0 Å². The first-order chi connectivity index (χ1) is 22.7. The van der Waals surface area contributed by atoms with Gasteiger partial charge in [0.05, 0.1) is 6.04 Å². The summed E-state index contributed by atoms with van der Waals surface area (Å²) in [6.07, 6.45) is 7.05. The Hall–Kier alpha value is -1.88. The Kier molecular flexibility index (Phi) is 24.7. The third-order valence-corrected chi connectivity index (χ3v) is 8.38. The van der Waals surface area contributed by atoms with Crippen molar-refractivity contribution in [3.63, 3.8) is 0 Å². The van der Waals surface area contributed by atoms with E-state index >= 15 is 0 Å². The maximum atomic E-state index is 3.96. The average Bonchev–Trinajstić information content (AvgIpc) is 3.08. The minimum Gasteiger partial charge on any atom is -0.317 e. The standard InChI is InChI=1S/C38H70N8/c1-5-39-21-11-13-23-43-30-34-20-19-33(29-36(34)32-44-24-14-12-22-40-6-2)38(46-28-16-26-42-8-4)37-18-10-9-17-35(37)31-45-27-15-25-41-7-3/h9-10,17-20,29,38-46H,5-8,11-16,21-28,30-32H2,1-4H3. The molecule has 8 nitrogen and oxygen atoms in total. The molecule has 0 fully saturated rings. The highest BCUT2D eigenvalue weighted by Gasteiger charge is 2.18. The smallest absolute Gasteiger partial charge is 0.0580 e. The van der Waals surface area contributed by atoms with Crippen molar-refractivity contribution in [2.24, 2.45) is 0 Å². The van der Waals surface area contributed by atoms with Crippen LogP contribution in [0.4, 0.5) is 0 Å². The summed E-state index contributed by atoms with van der Waals surface area (Å²) in [6, 6.07) is 16.3. The van der Waals surface area contributed by atoms with Crippen LogP contribution in [0, 0.1) is 0 Å². The van der Waals surface area contributed by atoms with E-state index in [-0.39, 0.29) is 6.04 Å². The van der Waals surface area contributed by atoms with Gasteiger partial charge in [-0.25, -0.2) is 0 Å². The lowest BCUT2D eigenvalue weighted by Crippen LogP contribution is -2.28. The van der Waals surface area contributed by atoms with Crippen molar-refractivity contribution in [2.75, 3.05) is 78.5 Å². The van der Waals surface area contributed by atoms with E-state index in [0.29, 0.717) is 0 Å². The van der Waals surface area contributed by atoms with Gasteiger partial charge in [-0.1, -0.05) is 70.2 Å². The largest absolute Gasteiger partial charge is 0.317 e. The zero-order valence-corrected chi connectivity index (χ0v) is 30.0. The van der Waals surface area contributed by atoms with Gasteiger partial charge < -0.3 is 42.5 Å². The summed E-state index contributed by atoms with van der Waals surface area (Å²) in [7, 11) is 0. The molecule has 0 amide bonds. The average molecular weight is 639 g/mol. The molecule has 0 heterocycles. The fourth-order valence-corrected chi connectivity index (χ4v) is 5.72. The number of rotatable bonds is 31. The maximum absolute atomic E-state index is 3.96. The van der Waals surface area contributed by atoms with Crippen molar-refractivity contribution in [1.82, 2.24) is 42.5 Å². The van der Waals surface area contributed by atoms with Crippen LogP contribution >= 0.6 is 0 Å². The lowest BCUT2D eigenvalue weighted by Gasteiger charge is -2.25. The molecule has 8 N–H and O–H groups in total. The van der Waals surface area contributed by atoms with Crippen molar-refractivity contribution in [1.29, 1.82) is 0 Å². The van der Waals surface area contributed by atoms with Crippen molar-refractivity contribution in [3.8, 4) is 0 Å². The van der Waals surface area contributed by atoms with E-state index in [0.717, 1.165) is 111 Å². The van der Waals surface area contributed by atoms with Gasteiger partial charge in [-0.05, 0) is 145 Å². The summed E-state index contributed by atoms with van der Waals surface area (Å²) in [5, 5.41) is 29.0. The van der Waals surface area contributed by atoms with Crippen molar-refractivity contribution < 1.29 is 0 Å². The second kappa shape index (κ2) is 28.2. The SMILES string of the molecule is CCNCCCCNCc1ccc(C(NCCCNCC)c2ccccc2CNCCCNCC)cc1CNCCCCNCC. The van der Waals surface area contributed by atoms with Crippen LogP contribution in [0.25, 0.3) is 0 Å². The molecule has 0 saturated carbocycles. The second-order valence-electron chi connectivity index (χ2n) is 12.2. The summed E-state index contributed by atoms with van der Waals surface area (Å²) in [5.74, 6) is 0. The van der Waals surface area contributed by atoms with Crippen LogP contribution in [0.1, 0.15) is 100 Å². The predicted molar refractivity (Wildman–Crippen MR) is 200 cm³/mol. The first-order valence-corrected chi connectivity index (χ1v) is 18.6. The van der Waals surface area contributed by atoms with Crippen LogP contribution in [0.3, 0.4) is 0 Å². The molecule has 0 bridgehead atoms. The molecular formula is C38H70N8. The number of hydrogen-bond acceptors (Lipinski definition) is 8. The molecule has 0 aliphatic rings. The quantitative estimate of drug-likeness (QED) is 0.0576. The molecule has 8 heteroatoms. The fourth-order valence-electron chi connectivity index (χ4n) is 5.72. The van der Waals surface area contributed by atoms with E-state index in [1.54, 1.807) is 0 Å². The monoisotopic (exact) mass is 639 g/mol. The van der Waals surface area contributed by atoms with Gasteiger partial charge in [0.25, 0.3) is 0 Å². The van der Waals surface area contributed by atoms with Crippen LogP contribution in [-0.2, 0) is 19.6 Å². The van der Waals surface area contributed by atoms with Crippen LogP contribution < -0.4 is 42.5 Å². The first-order valence-electron chi connectivity index (χ1n) is 18.6. The molecule has 0 radical (unpaired) electrons. The second-order valence-corrected chi connectivity index (χ2v) is 12.2. The zero-order chi connectivity index (χ0) is 32.9. The highest BCUT2D eigenvalue weighted by atomic mass is 14.9. The third-order valence-electron chi connectivity index (χ3n) is 8.38. The lowest BCUT2D eigenvalue weighted by molar-refractivity contribution is 0.553. The molecule has 2 rings (SSSR count). The molecule has 0 aromatic heterocycles. The molecule has 0 aliphatic heterocycles. The molecular weight excluding hydrogens is 568 g/mol. The normalized spacial score (nSPS) is 12.2. The summed E-state index contributed by atoms with van der Waals surface area (Å²) in [6.45, 7) is 23.9. The molecule has 262 valence electrons. The Morgan fingerprint density at radius 1 is 0.435 bits per heavy atom. The summed E-state index contributed by atoms with van der Waals surface area (Å²) >= 11 is 0. The van der Waals surface area contributed by atoms with Gasteiger partial charge in [0.2, 0.25) is 0 Å². The van der Waals surface area contributed by atoms with E-state index in [2.05, 4.69) is 113 Å². The molecule has 0 aliphatic carbocycles.